The van der Waals surface area contributed by atoms with Crippen LogP contribution in [0.5, 0.6) is 17.4 Å². The molecule has 1 heterocycles. The summed E-state index contributed by atoms with van der Waals surface area (Å²) in [5, 5.41) is 1.32. The van der Waals surface area contributed by atoms with Gasteiger partial charge in [0.15, 0.2) is 0 Å². The predicted molar refractivity (Wildman–Crippen MR) is 114 cm³/mol. The molecule has 8 heteroatoms. The first-order valence-electron chi connectivity index (χ1n) is 9.28. The van der Waals surface area contributed by atoms with Gasteiger partial charge in [0.05, 0.1) is 23.4 Å². The van der Waals surface area contributed by atoms with Crippen molar-refractivity contribution >= 4 is 26.5 Å². The van der Waals surface area contributed by atoms with Crippen LogP contribution in [0.15, 0.2) is 84.1 Å². The van der Waals surface area contributed by atoms with E-state index in [1.165, 1.54) is 12.4 Å². The fraction of sp³-hybridized carbons (Fsp3) is 0.0909. The van der Waals surface area contributed by atoms with Gasteiger partial charge >= 0.3 is 0 Å². The van der Waals surface area contributed by atoms with Crippen LogP contribution in [0.2, 0.25) is 0 Å². The van der Waals surface area contributed by atoms with E-state index in [0.29, 0.717) is 35.1 Å². The van der Waals surface area contributed by atoms with E-state index < -0.39 is 10.0 Å². The van der Waals surface area contributed by atoms with Crippen molar-refractivity contribution in [3.05, 3.63) is 79.3 Å². The number of sulfonamides is 1. The topological polar surface area (TPSA) is 90.4 Å². The molecule has 0 unspecified atom stereocenters. The van der Waals surface area contributed by atoms with Crippen molar-refractivity contribution in [2.45, 2.75) is 11.8 Å². The zero-order valence-corrected chi connectivity index (χ0v) is 17.0. The molecular weight excluding hydrogens is 402 g/mol. The van der Waals surface area contributed by atoms with Gasteiger partial charge in [0.25, 0.3) is 10.0 Å². The Morgan fingerprint density at radius 1 is 0.967 bits per heavy atom. The SMILES string of the molecule is CCOc1ccc(S(=O)(=O)Nc2cccc(Oc3cnccn3)c2)c2ccccc12. The highest BCUT2D eigenvalue weighted by Crippen LogP contribution is 2.32. The number of hydrogen-bond donors (Lipinski definition) is 1. The Balaban J connectivity index is 1.66. The van der Waals surface area contributed by atoms with E-state index in [1.807, 2.05) is 19.1 Å². The summed E-state index contributed by atoms with van der Waals surface area (Å²) in [6.45, 7) is 2.38. The average molecular weight is 421 g/mol. The maximum atomic E-state index is 13.1. The zero-order chi connectivity index (χ0) is 21.0. The molecule has 7 nitrogen and oxygen atoms in total. The second kappa shape index (κ2) is 8.38. The maximum absolute atomic E-state index is 13.1. The summed E-state index contributed by atoms with van der Waals surface area (Å²) in [5.41, 5.74) is 0.370. The molecule has 0 aliphatic rings. The molecule has 0 aliphatic carbocycles. The number of fused-ring (bicyclic) bond motifs is 1. The minimum absolute atomic E-state index is 0.168. The predicted octanol–water partition coefficient (Wildman–Crippen LogP) is 4.62. The van der Waals surface area contributed by atoms with Gasteiger partial charge in [-0.1, -0.05) is 30.3 Å². The van der Waals surface area contributed by atoms with Crippen molar-refractivity contribution in [1.82, 2.24) is 9.97 Å². The van der Waals surface area contributed by atoms with Gasteiger partial charge in [0.2, 0.25) is 5.88 Å². The van der Waals surface area contributed by atoms with E-state index in [9.17, 15) is 8.42 Å². The molecule has 4 rings (SSSR count). The molecule has 0 fully saturated rings. The maximum Gasteiger partial charge on any atom is 0.262 e. The van der Waals surface area contributed by atoms with Crippen LogP contribution in [-0.2, 0) is 10.0 Å². The van der Waals surface area contributed by atoms with E-state index in [2.05, 4.69) is 14.7 Å². The normalized spacial score (nSPS) is 11.2. The van der Waals surface area contributed by atoms with Crippen molar-refractivity contribution < 1.29 is 17.9 Å². The molecule has 0 radical (unpaired) electrons. The lowest BCUT2D eigenvalue weighted by Gasteiger charge is -2.14. The van der Waals surface area contributed by atoms with Crippen LogP contribution in [0.1, 0.15) is 6.92 Å². The van der Waals surface area contributed by atoms with Gasteiger partial charge in [0, 0.05) is 29.2 Å². The van der Waals surface area contributed by atoms with Gasteiger partial charge < -0.3 is 9.47 Å². The van der Waals surface area contributed by atoms with Gasteiger partial charge in [-0.15, -0.1) is 0 Å². The molecule has 0 atom stereocenters. The van der Waals surface area contributed by atoms with Gasteiger partial charge in [-0.05, 0) is 31.2 Å². The largest absolute Gasteiger partial charge is 0.493 e. The Hall–Kier alpha value is -3.65. The number of hydrogen-bond acceptors (Lipinski definition) is 6. The number of benzene rings is 3. The molecule has 0 amide bonds. The number of rotatable bonds is 7. The van der Waals surface area contributed by atoms with Crippen LogP contribution >= 0.6 is 0 Å². The summed E-state index contributed by atoms with van der Waals surface area (Å²) in [6.07, 6.45) is 4.53. The molecule has 1 N–H and O–H groups in total. The molecule has 30 heavy (non-hydrogen) atoms. The highest BCUT2D eigenvalue weighted by atomic mass is 32.2. The number of nitrogens with one attached hydrogen (secondary N) is 1. The second-order valence-electron chi connectivity index (χ2n) is 6.32. The molecule has 152 valence electrons. The van der Waals surface area contributed by atoms with Gasteiger partial charge in [-0.3, -0.25) is 9.71 Å². The van der Waals surface area contributed by atoms with Crippen molar-refractivity contribution in [2.24, 2.45) is 0 Å². The summed E-state index contributed by atoms with van der Waals surface area (Å²) in [4.78, 5) is 8.16. The summed E-state index contributed by atoms with van der Waals surface area (Å²) in [5.74, 6) is 1.40. The molecular formula is C22H19N3O4S. The minimum atomic E-state index is -3.85. The first-order valence-corrected chi connectivity index (χ1v) is 10.8. The lowest BCUT2D eigenvalue weighted by molar-refractivity contribution is 0.344. The average Bonchev–Trinajstić information content (AvgIpc) is 2.75. The monoisotopic (exact) mass is 421 g/mol. The Kier molecular flexibility index (Phi) is 5.49. The summed E-state index contributed by atoms with van der Waals surface area (Å²) in [7, 11) is -3.85. The Morgan fingerprint density at radius 2 is 1.80 bits per heavy atom. The molecule has 0 saturated heterocycles. The molecule has 0 saturated carbocycles. The second-order valence-corrected chi connectivity index (χ2v) is 7.97. The third-order valence-electron chi connectivity index (χ3n) is 4.28. The van der Waals surface area contributed by atoms with E-state index in [1.54, 1.807) is 54.7 Å². The molecule has 4 aromatic rings. The molecule has 1 aromatic heterocycles. The summed E-state index contributed by atoms with van der Waals surface area (Å²) < 4.78 is 40.2. The fourth-order valence-corrected chi connectivity index (χ4v) is 4.31. The zero-order valence-electron chi connectivity index (χ0n) is 16.1. The molecule has 3 aromatic carbocycles. The van der Waals surface area contributed by atoms with E-state index in [0.717, 1.165) is 5.39 Å². The first-order chi connectivity index (χ1) is 14.6. The van der Waals surface area contributed by atoms with E-state index in [-0.39, 0.29) is 4.90 Å². The third kappa shape index (κ3) is 4.18. The fourth-order valence-electron chi connectivity index (χ4n) is 3.05. The highest BCUT2D eigenvalue weighted by Gasteiger charge is 2.19. The molecule has 0 bridgehead atoms. The minimum Gasteiger partial charge on any atom is -0.493 e. The summed E-state index contributed by atoms with van der Waals surface area (Å²) in [6, 6.07) is 17.1. The van der Waals surface area contributed by atoms with Crippen molar-refractivity contribution in [1.29, 1.82) is 0 Å². The Labute approximate surface area is 174 Å². The third-order valence-corrected chi connectivity index (χ3v) is 5.72. The Morgan fingerprint density at radius 3 is 2.57 bits per heavy atom. The lowest BCUT2D eigenvalue weighted by Crippen LogP contribution is -2.13. The number of anilines is 1. The first kappa shape index (κ1) is 19.7. The van der Waals surface area contributed by atoms with Gasteiger partial charge in [-0.25, -0.2) is 13.4 Å². The summed E-state index contributed by atoms with van der Waals surface area (Å²) >= 11 is 0. The van der Waals surface area contributed by atoms with E-state index >= 15 is 0 Å². The molecule has 0 spiro atoms. The van der Waals surface area contributed by atoms with Crippen LogP contribution in [0.4, 0.5) is 5.69 Å². The van der Waals surface area contributed by atoms with Gasteiger partial charge in [-0.2, -0.15) is 0 Å². The number of nitrogens with zero attached hydrogens (tertiary/aromatic N) is 2. The van der Waals surface area contributed by atoms with Crippen molar-refractivity contribution in [2.75, 3.05) is 11.3 Å². The Bertz CT molecular complexity index is 1280. The smallest absolute Gasteiger partial charge is 0.262 e. The van der Waals surface area contributed by atoms with E-state index in [4.69, 9.17) is 9.47 Å². The van der Waals surface area contributed by atoms with Gasteiger partial charge in [0.1, 0.15) is 11.5 Å². The van der Waals surface area contributed by atoms with Crippen molar-refractivity contribution in [3.63, 3.8) is 0 Å². The van der Waals surface area contributed by atoms with Crippen LogP contribution in [0, 0.1) is 0 Å². The lowest BCUT2D eigenvalue weighted by atomic mass is 10.1. The van der Waals surface area contributed by atoms with Crippen LogP contribution in [0.25, 0.3) is 10.8 Å². The van der Waals surface area contributed by atoms with Crippen LogP contribution in [-0.4, -0.2) is 25.0 Å². The van der Waals surface area contributed by atoms with Crippen molar-refractivity contribution in [3.8, 4) is 17.4 Å². The highest BCUT2D eigenvalue weighted by molar-refractivity contribution is 7.93. The number of ether oxygens (including phenoxy) is 2. The quantitative estimate of drug-likeness (QED) is 0.468. The van der Waals surface area contributed by atoms with Crippen LogP contribution in [0.3, 0.4) is 0 Å². The van der Waals surface area contributed by atoms with Crippen LogP contribution < -0.4 is 14.2 Å². The number of aromatic nitrogens is 2. The standard InChI is InChI=1S/C22H19N3O4S/c1-2-28-20-10-11-21(19-9-4-3-8-18(19)20)30(26,27)25-16-6-5-7-17(14-16)29-22-15-23-12-13-24-22/h3-15,25H,2H2,1H3. The molecule has 0 aliphatic heterocycles.